The molecule has 1 fully saturated rings. The molecule has 0 aromatic carbocycles. The molecule has 1 aliphatic heterocycles. The topological polar surface area (TPSA) is 3.24 Å². The molecule has 0 spiro atoms. The van der Waals surface area contributed by atoms with Gasteiger partial charge in [0.25, 0.3) is 0 Å². The first-order chi connectivity index (χ1) is 4.24. The fraction of sp³-hybridized carbons (Fsp3) is 0.750. The molecule has 1 saturated heterocycles. The van der Waals surface area contributed by atoms with E-state index in [1.165, 1.54) is 6.42 Å². The summed E-state index contributed by atoms with van der Waals surface area (Å²) >= 11 is 0. The molecule has 0 aromatic heterocycles. The Morgan fingerprint density at radius 1 is 1.45 bits per heavy atom. The van der Waals surface area contributed by atoms with Crippen molar-refractivity contribution in [1.29, 1.82) is 0 Å². The van der Waals surface area contributed by atoms with Gasteiger partial charge in [-0.2, -0.15) is 12.3 Å². The van der Waals surface area contributed by atoms with Gasteiger partial charge in [0.15, 0.2) is 0 Å². The van der Waals surface area contributed by atoms with Gasteiger partial charge in [-0.25, -0.2) is 0 Å². The molecule has 1 rings (SSSR count). The first kappa shape index (κ1) is 15.4. The minimum atomic E-state index is 0. The SMILES string of the molecule is [CH2-]CC1CC([CH2-])CN1C.[Na+].[Na+]. The Labute approximate surface area is 115 Å². The molecule has 0 aromatic rings. The first-order valence-electron chi connectivity index (χ1n) is 3.56. The maximum Gasteiger partial charge on any atom is 1.00 e. The second kappa shape index (κ2) is 7.37. The molecule has 0 bridgehead atoms. The Balaban J connectivity index is 0. The van der Waals surface area contributed by atoms with Crippen molar-refractivity contribution in [2.75, 3.05) is 13.6 Å². The molecule has 0 radical (unpaired) electrons. The Hall–Kier alpha value is 1.96. The van der Waals surface area contributed by atoms with E-state index >= 15 is 0 Å². The molecule has 0 N–H and O–H groups in total. The summed E-state index contributed by atoms with van der Waals surface area (Å²) in [6.07, 6.45) is 2.27. The van der Waals surface area contributed by atoms with Crippen molar-refractivity contribution < 1.29 is 59.1 Å². The van der Waals surface area contributed by atoms with E-state index in [1.54, 1.807) is 0 Å². The van der Waals surface area contributed by atoms with Crippen LogP contribution < -0.4 is 59.1 Å². The average Bonchev–Trinajstić information content (AvgIpc) is 2.10. The van der Waals surface area contributed by atoms with Crippen molar-refractivity contribution in [2.24, 2.45) is 5.92 Å². The van der Waals surface area contributed by atoms with Crippen molar-refractivity contribution in [3.63, 3.8) is 0 Å². The van der Waals surface area contributed by atoms with Crippen LogP contribution >= 0.6 is 0 Å². The molecule has 0 aliphatic carbocycles. The zero-order valence-electron chi connectivity index (χ0n) is 8.14. The summed E-state index contributed by atoms with van der Waals surface area (Å²) in [6, 6.07) is 0.701. The van der Waals surface area contributed by atoms with Gasteiger partial charge in [-0.05, 0) is 19.6 Å². The number of rotatable bonds is 1. The smallest absolute Gasteiger partial charge is 0.342 e. The molecule has 0 amide bonds. The molecule has 0 saturated carbocycles. The standard InChI is InChI=1S/C8H15N.2Na/c1-4-8-5-7(2)6-9(8)3;;/h7-8H,1-2,4-6H2,3H3;;/q-2;2*+1. The summed E-state index contributed by atoms with van der Waals surface area (Å²) in [4.78, 5) is 2.35. The third-order valence-electron chi connectivity index (χ3n) is 2.11. The van der Waals surface area contributed by atoms with Gasteiger partial charge in [0, 0.05) is 0 Å². The van der Waals surface area contributed by atoms with E-state index in [1.807, 2.05) is 0 Å². The van der Waals surface area contributed by atoms with Crippen LogP contribution in [0.15, 0.2) is 0 Å². The van der Waals surface area contributed by atoms with Gasteiger partial charge in [-0.15, -0.1) is 0 Å². The second-order valence-electron chi connectivity index (χ2n) is 2.98. The minimum absolute atomic E-state index is 0. The number of hydrogen-bond donors (Lipinski definition) is 0. The number of nitrogens with zero attached hydrogens (tertiary/aromatic N) is 1. The van der Waals surface area contributed by atoms with E-state index in [4.69, 9.17) is 0 Å². The van der Waals surface area contributed by atoms with Crippen LogP contribution in [0.5, 0.6) is 0 Å². The normalized spacial score (nSPS) is 30.8. The van der Waals surface area contributed by atoms with E-state index in [0.717, 1.165) is 13.0 Å². The summed E-state index contributed by atoms with van der Waals surface area (Å²) in [7, 11) is 2.15. The van der Waals surface area contributed by atoms with Crippen LogP contribution in [0.2, 0.25) is 0 Å². The van der Waals surface area contributed by atoms with Crippen molar-refractivity contribution in [2.45, 2.75) is 18.9 Å². The Morgan fingerprint density at radius 3 is 2.18 bits per heavy atom. The number of hydrogen-bond acceptors (Lipinski definition) is 1. The fourth-order valence-corrected chi connectivity index (χ4v) is 1.53. The minimum Gasteiger partial charge on any atom is -0.342 e. The van der Waals surface area contributed by atoms with Crippen molar-refractivity contribution in [3.05, 3.63) is 13.8 Å². The van der Waals surface area contributed by atoms with Gasteiger partial charge >= 0.3 is 59.1 Å². The molecular weight excluding hydrogens is 156 g/mol. The molecule has 11 heavy (non-hydrogen) atoms. The fourth-order valence-electron chi connectivity index (χ4n) is 1.53. The van der Waals surface area contributed by atoms with Crippen molar-refractivity contribution in [1.82, 2.24) is 4.90 Å². The van der Waals surface area contributed by atoms with E-state index in [2.05, 4.69) is 25.8 Å². The largest absolute Gasteiger partial charge is 1.00 e. The van der Waals surface area contributed by atoms with Crippen molar-refractivity contribution >= 4 is 0 Å². The van der Waals surface area contributed by atoms with E-state index < -0.39 is 0 Å². The molecule has 3 heteroatoms. The van der Waals surface area contributed by atoms with Crippen LogP contribution in [0.1, 0.15) is 12.8 Å². The van der Waals surface area contributed by atoms with Gasteiger partial charge < -0.3 is 18.7 Å². The van der Waals surface area contributed by atoms with E-state index in [-0.39, 0.29) is 59.1 Å². The predicted molar refractivity (Wildman–Crippen MR) is 39.9 cm³/mol. The summed E-state index contributed by atoms with van der Waals surface area (Å²) in [5.41, 5.74) is 0. The summed E-state index contributed by atoms with van der Waals surface area (Å²) in [6.45, 7) is 9.05. The van der Waals surface area contributed by atoms with Gasteiger partial charge in [0.2, 0.25) is 0 Å². The Kier molecular flexibility index (Phi) is 10.3. The van der Waals surface area contributed by atoms with E-state index in [9.17, 15) is 0 Å². The van der Waals surface area contributed by atoms with Crippen LogP contribution in [0.3, 0.4) is 0 Å². The Morgan fingerprint density at radius 2 is 2.00 bits per heavy atom. The summed E-state index contributed by atoms with van der Waals surface area (Å²) in [5, 5.41) is 0. The third kappa shape index (κ3) is 4.66. The van der Waals surface area contributed by atoms with Gasteiger partial charge in [-0.3, -0.25) is 0 Å². The van der Waals surface area contributed by atoms with Crippen LogP contribution in [0, 0.1) is 19.8 Å². The predicted octanol–water partition coefficient (Wildman–Crippen LogP) is -4.63. The summed E-state index contributed by atoms with van der Waals surface area (Å²) in [5.74, 6) is 0.641. The Bertz CT molecular complexity index is 98.1. The molecule has 54 valence electrons. The van der Waals surface area contributed by atoms with E-state index in [0.29, 0.717) is 12.0 Å². The zero-order valence-corrected chi connectivity index (χ0v) is 12.1. The quantitative estimate of drug-likeness (QED) is 0.283. The van der Waals surface area contributed by atoms with Crippen LogP contribution in [0.25, 0.3) is 0 Å². The van der Waals surface area contributed by atoms with Crippen molar-refractivity contribution in [3.8, 4) is 0 Å². The van der Waals surface area contributed by atoms with Crippen LogP contribution in [0.4, 0.5) is 0 Å². The van der Waals surface area contributed by atoms with Gasteiger partial charge in [0.05, 0.1) is 0 Å². The average molecular weight is 171 g/mol. The maximum atomic E-state index is 4.02. The van der Waals surface area contributed by atoms with Crippen LogP contribution in [-0.2, 0) is 0 Å². The molecule has 1 nitrogen and oxygen atoms in total. The molecule has 1 aliphatic rings. The number of likely N-dealkylation sites (tertiary alicyclic amines) is 1. The summed E-state index contributed by atoms with van der Waals surface area (Å²) < 4.78 is 0. The zero-order chi connectivity index (χ0) is 6.85. The van der Waals surface area contributed by atoms with Gasteiger partial charge in [0.1, 0.15) is 0 Å². The van der Waals surface area contributed by atoms with Crippen LogP contribution in [-0.4, -0.2) is 24.5 Å². The second-order valence-corrected chi connectivity index (χ2v) is 2.98. The molecule has 2 unspecified atom stereocenters. The molecule has 2 atom stereocenters. The van der Waals surface area contributed by atoms with Gasteiger partial charge in [-0.1, -0.05) is 6.42 Å². The third-order valence-corrected chi connectivity index (χ3v) is 2.11. The molecular formula is C8H15NNa2. The first-order valence-corrected chi connectivity index (χ1v) is 3.56. The monoisotopic (exact) mass is 171 g/mol. The maximum absolute atomic E-state index is 4.02. The molecule has 1 heterocycles.